The molecule has 5 heteroatoms. The van der Waals surface area contributed by atoms with Crippen molar-refractivity contribution in [3.05, 3.63) is 22.3 Å². The van der Waals surface area contributed by atoms with Crippen molar-refractivity contribution in [2.75, 3.05) is 11.9 Å². The number of carbonyl (C=O) groups is 1. The minimum absolute atomic E-state index is 0.217. The number of pyridine rings is 1. The third-order valence-corrected chi connectivity index (χ3v) is 3.41. The maximum Gasteiger partial charge on any atom is 0.339 e. The van der Waals surface area contributed by atoms with Crippen molar-refractivity contribution in [3.63, 3.8) is 0 Å². The summed E-state index contributed by atoms with van der Waals surface area (Å²) in [7, 11) is 1.87. The zero-order chi connectivity index (χ0) is 13.2. The van der Waals surface area contributed by atoms with Crippen molar-refractivity contribution >= 4 is 27.7 Å². The molecule has 0 aliphatic carbocycles. The number of halogens is 1. The van der Waals surface area contributed by atoms with E-state index in [1.807, 2.05) is 11.9 Å². The molecule has 1 aromatic heterocycles. The Kier molecular flexibility index (Phi) is 4.51. The van der Waals surface area contributed by atoms with Gasteiger partial charge in [0.15, 0.2) is 0 Å². The topological polar surface area (TPSA) is 53.4 Å². The average molecular weight is 301 g/mol. The van der Waals surface area contributed by atoms with Crippen molar-refractivity contribution in [1.82, 2.24) is 4.98 Å². The van der Waals surface area contributed by atoms with E-state index < -0.39 is 5.97 Å². The lowest BCUT2D eigenvalue weighted by atomic mass is 10.0. The normalized spacial score (nSPS) is 12.6. The number of hydrogen-bond donors (Lipinski definition) is 1. The predicted octanol–water partition coefficient (Wildman–Crippen LogP) is 3.02. The Morgan fingerprint density at radius 3 is 2.53 bits per heavy atom. The minimum atomic E-state index is -0.961. The van der Waals surface area contributed by atoms with Crippen LogP contribution in [0, 0.1) is 5.92 Å². The second-order valence-electron chi connectivity index (χ2n) is 4.43. The van der Waals surface area contributed by atoms with E-state index in [0.29, 0.717) is 16.2 Å². The lowest BCUT2D eigenvalue weighted by molar-refractivity contribution is 0.0697. The van der Waals surface area contributed by atoms with Crippen LogP contribution >= 0.6 is 15.9 Å². The predicted molar refractivity (Wildman–Crippen MR) is 71.6 cm³/mol. The Hall–Kier alpha value is -1.10. The van der Waals surface area contributed by atoms with E-state index in [4.69, 9.17) is 0 Å². The second kappa shape index (κ2) is 5.49. The molecule has 1 atom stereocenters. The van der Waals surface area contributed by atoms with Crippen molar-refractivity contribution < 1.29 is 9.90 Å². The molecular weight excluding hydrogens is 284 g/mol. The molecule has 17 heavy (non-hydrogen) atoms. The molecule has 1 N–H and O–H groups in total. The fourth-order valence-corrected chi connectivity index (χ4v) is 1.84. The van der Waals surface area contributed by atoms with Crippen LogP contribution in [0.5, 0.6) is 0 Å². The first-order valence-corrected chi connectivity index (χ1v) is 6.25. The van der Waals surface area contributed by atoms with Crippen LogP contribution in [0.25, 0.3) is 0 Å². The number of anilines is 1. The second-order valence-corrected chi connectivity index (χ2v) is 5.34. The van der Waals surface area contributed by atoms with Gasteiger partial charge in [0.05, 0.1) is 0 Å². The fraction of sp³-hybridized carbons (Fsp3) is 0.500. The van der Waals surface area contributed by atoms with Gasteiger partial charge in [-0.1, -0.05) is 13.8 Å². The quantitative estimate of drug-likeness (QED) is 0.929. The molecule has 0 aliphatic rings. The van der Waals surface area contributed by atoms with Crippen LogP contribution in [0.2, 0.25) is 0 Å². The van der Waals surface area contributed by atoms with Gasteiger partial charge < -0.3 is 10.0 Å². The highest BCUT2D eigenvalue weighted by atomic mass is 79.9. The van der Waals surface area contributed by atoms with Crippen LogP contribution in [0.15, 0.2) is 16.7 Å². The Morgan fingerprint density at radius 1 is 1.47 bits per heavy atom. The van der Waals surface area contributed by atoms with Crippen molar-refractivity contribution in [2.45, 2.75) is 26.8 Å². The number of hydrogen-bond acceptors (Lipinski definition) is 3. The standard InChI is InChI=1S/C12H17BrN2O2/c1-7(2)8(3)15(4)11-10(12(16)17)5-9(13)6-14-11/h5-8H,1-4H3,(H,16,17). The lowest BCUT2D eigenvalue weighted by Gasteiger charge is -2.29. The van der Waals surface area contributed by atoms with E-state index in [1.165, 1.54) is 0 Å². The number of rotatable bonds is 4. The maximum absolute atomic E-state index is 11.2. The molecule has 94 valence electrons. The maximum atomic E-state index is 11.2. The monoisotopic (exact) mass is 300 g/mol. The largest absolute Gasteiger partial charge is 0.478 e. The van der Waals surface area contributed by atoms with E-state index in [9.17, 15) is 9.90 Å². The Labute approximate surface area is 110 Å². The van der Waals surface area contributed by atoms with E-state index in [1.54, 1.807) is 12.3 Å². The molecule has 0 saturated heterocycles. The summed E-state index contributed by atoms with van der Waals surface area (Å²) in [4.78, 5) is 17.3. The summed E-state index contributed by atoms with van der Waals surface area (Å²) in [6.45, 7) is 6.25. The SMILES string of the molecule is CC(C)C(C)N(C)c1ncc(Br)cc1C(=O)O. The summed E-state index contributed by atoms with van der Waals surface area (Å²) in [5.41, 5.74) is 0.217. The summed E-state index contributed by atoms with van der Waals surface area (Å²) in [5, 5.41) is 9.17. The fourth-order valence-electron chi connectivity index (χ4n) is 1.51. The zero-order valence-electron chi connectivity index (χ0n) is 10.4. The Balaban J connectivity index is 3.17. The molecule has 0 aromatic carbocycles. The van der Waals surface area contributed by atoms with Crippen LogP contribution in [-0.2, 0) is 0 Å². The highest BCUT2D eigenvalue weighted by Gasteiger charge is 2.20. The summed E-state index contributed by atoms with van der Waals surface area (Å²) < 4.78 is 0.671. The molecule has 4 nitrogen and oxygen atoms in total. The highest BCUT2D eigenvalue weighted by Crippen LogP contribution is 2.24. The molecule has 1 unspecified atom stereocenters. The van der Waals surface area contributed by atoms with Crippen LogP contribution in [0.1, 0.15) is 31.1 Å². The van der Waals surface area contributed by atoms with Gasteiger partial charge in [0, 0.05) is 23.8 Å². The lowest BCUT2D eigenvalue weighted by Crippen LogP contribution is -2.34. The van der Waals surface area contributed by atoms with E-state index in [-0.39, 0.29) is 11.6 Å². The summed E-state index contributed by atoms with van der Waals surface area (Å²) in [6.07, 6.45) is 1.62. The van der Waals surface area contributed by atoms with Crippen molar-refractivity contribution in [1.29, 1.82) is 0 Å². The third-order valence-electron chi connectivity index (χ3n) is 2.97. The number of aromatic nitrogens is 1. The average Bonchev–Trinajstić information content (AvgIpc) is 2.26. The molecule has 1 rings (SSSR count). The first-order chi connectivity index (χ1) is 7.84. The molecule has 0 aliphatic heterocycles. The van der Waals surface area contributed by atoms with Gasteiger partial charge in [0.1, 0.15) is 11.4 Å². The van der Waals surface area contributed by atoms with Crippen LogP contribution in [0.4, 0.5) is 5.82 Å². The molecule has 1 aromatic rings. The molecule has 0 bridgehead atoms. The molecule has 0 saturated carbocycles. The van der Waals surface area contributed by atoms with E-state index in [0.717, 1.165) is 0 Å². The van der Waals surface area contributed by atoms with Gasteiger partial charge in [-0.05, 0) is 34.8 Å². The van der Waals surface area contributed by atoms with Crippen molar-refractivity contribution in [3.8, 4) is 0 Å². The molecular formula is C12H17BrN2O2. The molecule has 1 heterocycles. The van der Waals surface area contributed by atoms with Crippen LogP contribution in [-0.4, -0.2) is 29.1 Å². The van der Waals surface area contributed by atoms with Gasteiger partial charge in [0.25, 0.3) is 0 Å². The highest BCUT2D eigenvalue weighted by molar-refractivity contribution is 9.10. The van der Waals surface area contributed by atoms with Crippen molar-refractivity contribution in [2.24, 2.45) is 5.92 Å². The minimum Gasteiger partial charge on any atom is -0.478 e. The van der Waals surface area contributed by atoms with Crippen LogP contribution < -0.4 is 4.90 Å². The summed E-state index contributed by atoms with van der Waals surface area (Å²) in [5.74, 6) is -0.0365. The first kappa shape index (κ1) is 14.0. The van der Waals surface area contributed by atoms with Crippen LogP contribution in [0.3, 0.4) is 0 Å². The zero-order valence-corrected chi connectivity index (χ0v) is 12.0. The van der Waals surface area contributed by atoms with Gasteiger partial charge in [-0.15, -0.1) is 0 Å². The number of carboxylic acids is 1. The first-order valence-electron chi connectivity index (χ1n) is 5.46. The Bertz CT molecular complexity index is 421. The number of aromatic carboxylic acids is 1. The smallest absolute Gasteiger partial charge is 0.339 e. The molecule has 0 radical (unpaired) electrons. The summed E-state index contributed by atoms with van der Waals surface area (Å²) in [6, 6.07) is 1.80. The summed E-state index contributed by atoms with van der Waals surface area (Å²) >= 11 is 3.24. The van der Waals surface area contributed by atoms with Gasteiger partial charge in [-0.2, -0.15) is 0 Å². The van der Waals surface area contributed by atoms with Gasteiger partial charge in [0.2, 0.25) is 0 Å². The van der Waals surface area contributed by atoms with Gasteiger partial charge >= 0.3 is 5.97 Å². The van der Waals surface area contributed by atoms with Gasteiger partial charge in [-0.25, -0.2) is 9.78 Å². The number of nitrogens with zero attached hydrogens (tertiary/aromatic N) is 2. The Morgan fingerprint density at radius 2 is 2.06 bits per heavy atom. The molecule has 0 amide bonds. The number of carboxylic acid groups (broad SMARTS) is 1. The van der Waals surface area contributed by atoms with E-state index >= 15 is 0 Å². The molecule has 0 spiro atoms. The molecule has 0 fully saturated rings. The van der Waals surface area contributed by atoms with Gasteiger partial charge in [-0.3, -0.25) is 0 Å². The van der Waals surface area contributed by atoms with E-state index in [2.05, 4.69) is 41.7 Å². The third kappa shape index (κ3) is 3.19.